The van der Waals surface area contributed by atoms with E-state index in [4.69, 9.17) is 10.4 Å². The molecule has 1 rings (SSSR count). The minimum Gasteiger partial charge on any atom is -0.382 e. The van der Waals surface area contributed by atoms with E-state index in [0.29, 0.717) is 15.7 Å². The van der Waals surface area contributed by atoms with E-state index < -0.39 is 18.8 Å². The van der Waals surface area contributed by atoms with Gasteiger partial charge in [0.2, 0.25) is 0 Å². The molecule has 0 spiro atoms. The predicted molar refractivity (Wildman–Crippen MR) is 59.4 cm³/mol. The average Bonchev–Trinajstić information content (AvgIpc) is 2.25. The molecular weight excluding hydrogens is 301 g/mol. The summed E-state index contributed by atoms with van der Waals surface area (Å²) in [6.45, 7) is -0.645. The molecule has 0 saturated carbocycles. The van der Waals surface area contributed by atoms with Crippen LogP contribution in [0.5, 0.6) is 0 Å². The Kier molecular flexibility index (Phi) is 4.37. The molecule has 1 aromatic carbocycles. The van der Waals surface area contributed by atoms with Crippen LogP contribution >= 0.6 is 15.9 Å². The van der Waals surface area contributed by atoms with Gasteiger partial charge in [0.15, 0.2) is 6.10 Å². The number of anilines is 1. The van der Waals surface area contributed by atoms with Gasteiger partial charge in [-0.2, -0.15) is 18.4 Å². The molecule has 0 bridgehead atoms. The molecule has 0 fully saturated rings. The van der Waals surface area contributed by atoms with Crippen molar-refractivity contribution in [3.63, 3.8) is 0 Å². The van der Waals surface area contributed by atoms with Gasteiger partial charge in [-0.1, -0.05) is 0 Å². The van der Waals surface area contributed by atoms with Crippen LogP contribution in [0.1, 0.15) is 5.56 Å². The van der Waals surface area contributed by atoms with E-state index in [1.54, 1.807) is 0 Å². The highest BCUT2D eigenvalue weighted by Crippen LogP contribution is 2.25. The molecule has 1 aromatic rings. The number of nitriles is 1. The number of halogens is 4. The van der Waals surface area contributed by atoms with E-state index in [9.17, 15) is 13.2 Å². The second kappa shape index (κ2) is 5.38. The van der Waals surface area contributed by atoms with Crippen molar-refractivity contribution >= 4 is 21.6 Å². The molecular formula is C10H8BrF3N2O. The molecule has 0 aliphatic heterocycles. The maximum absolute atomic E-state index is 12.0. The lowest BCUT2D eigenvalue weighted by molar-refractivity contribution is -0.198. The fourth-order valence-electron chi connectivity index (χ4n) is 1.05. The van der Waals surface area contributed by atoms with E-state index in [1.165, 1.54) is 18.2 Å². The molecule has 1 atom stereocenters. The topological polar surface area (TPSA) is 56.0 Å². The molecule has 0 radical (unpaired) electrons. The van der Waals surface area contributed by atoms with Crippen LogP contribution in [-0.2, 0) is 0 Å². The van der Waals surface area contributed by atoms with Crippen LogP contribution in [0.3, 0.4) is 0 Å². The Labute approximate surface area is 104 Å². The van der Waals surface area contributed by atoms with Crippen molar-refractivity contribution in [1.82, 2.24) is 0 Å². The summed E-state index contributed by atoms with van der Waals surface area (Å²) >= 11 is 3.11. The minimum atomic E-state index is -4.65. The summed E-state index contributed by atoms with van der Waals surface area (Å²) in [7, 11) is 0. The number of aliphatic hydroxyl groups is 1. The van der Waals surface area contributed by atoms with Gasteiger partial charge < -0.3 is 10.4 Å². The van der Waals surface area contributed by atoms with Gasteiger partial charge in [0.25, 0.3) is 0 Å². The van der Waals surface area contributed by atoms with E-state index in [1.807, 2.05) is 6.07 Å². The average molecular weight is 309 g/mol. The van der Waals surface area contributed by atoms with Gasteiger partial charge in [0, 0.05) is 16.7 Å². The number of benzene rings is 1. The SMILES string of the molecule is N#Cc1ccc(NCC(O)C(F)(F)F)c(Br)c1. The number of alkyl halides is 3. The second-order valence-electron chi connectivity index (χ2n) is 3.24. The highest BCUT2D eigenvalue weighted by Gasteiger charge is 2.37. The molecule has 0 aromatic heterocycles. The highest BCUT2D eigenvalue weighted by atomic mass is 79.9. The zero-order valence-corrected chi connectivity index (χ0v) is 10.0. The number of hydrogen-bond donors (Lipinski definition) is 2. The molecule has 92 valence electrons. The van der Waals surface area contributed by atoms with Crippen molar-refractivity contribution < 1.29 is 18.3 Å². The van der Waals surface area contributed by atoms with E-state index in [-0.39, 0.29) is 0 Å². The van der Waals surface area contributed by atoms with E-state index >= 15 is 0 Å². The lowest BCUT2D eigenvalue weighted by atomic mass is 10.2. The summed E-state index contributed by atoms with van der Waals surface area (Å²) in [4.78, 5) is 0. The van der Waals surface area contributed by atoms with Crippen LogP contribution in [0.2, 0.25) is 0 Å². The Morgan fingerprint density at radius 1 is 1.47 bits per heavy atom. The molecule has 1 unspecified atom stereocenters. The number of hydrogen-bond acceptors (Lipinski definition) is 3. The Morgan fingerprint density at radius 2 is 2.12 bits per heavy atom. The summed E-state index contributed by atoms with van der Waals surface area (Å²) in [6.07, 6.45) is -7.07. The predicted octanol–water partition coefficient (Wildman–Crippen LogP) is 2.66. The van der Waals surface area contributed by atoms with Crippen LogP contribution in [0.25, 0.3) is 0 Å². The fraction of sp³-hybridized carbons (Fsp3) is 0.300. The van der Waals surface area contributed by atoms with Gasteiger partial charge in [0.1, 0.15) is 0 Å². The van der Waals surface area contributed by atoms with Crippen LogP contribution in [0.4, 0.5) is 18.9 Å². The Balaban J connectivity index is 2.68. The highest BCUT2D eigenvalue weighted by molar-refractivity contribution is 9.10. The normalized spacial score (nSPS) is 12.9. The number of nitrogens with one attached hydrogen (secondary N) is 1. The summed E-state index contributed by atoms with van der Waals surface area (Å²) in [5, 5.41) is 19.8. The smallest absolute Gasteiger partial charge is 0.382 e. The van der Waals surface area contributed by atoms with Crippen molar-refractivity contribution in [2.75, 3.05) is 11.9 Å². The molecule has 0 saturated heterocycles. The molecule has 7 heteroatoms. The lowest BCUT2D eigenvalue weighted by Gasteiger charge is -2.16. The zero-order valence-electron chi connectivity index (χ0n) is 8.42. The van der Waals surface area contributed by atoms with Gasteiger partial charge in [-0.15, -0.1) is 0 Å². The van der Waals surface area contributed by atoms with Crippen LogP contribution in [0, 0.1) is 11.3 Å². The van der Waals surface area contributed by atoms with Crippen LogP contribution < -0.4 is 5.32 Å². The van der Waals surface area contributed by atoms with Gasteiger partial charge in [-0.25, -0.2) is 0 Å². The van der Waals surface area contributed by atoms with Gasteiger partial charge >= 0.3 is 6.18 Å². The van der Waals surface area contributed by atoms with Crippen molar-refractivity contribution in [1.29, 1.82) is 5.26 Å². The largest absolute Gasteiger partial charge is 0.416 e. The third-order valence-electron chi connectivity index (χ3n) is 1.96. The first-order valence-corrected chi connectivity index (χ1v) is 5.32. The molecule has 2 N–H and O–H groups in total. The van der Waals surface area contributed by atoms with Crippen molar-refractivity contribution in [3.05, 3.63) is 28.2 Å². The Bertz CT molecular complexity index is 442. The van der Waals surface area contributed by atoms with Gasteiger partial charge in [0.05, 0.1) is 11.6 Å². The Morgan fingerprint density at radius 3 is 2.59 bits per heavy atom. The van der Waals surface area contributed by atoms with Crippen molar-refractivity contribution in [3.8, 4) is 6.07 Å². The molecule has 0 aliphatic rings. The number of nitrogens with zero attached hydrogens (tertiary/aromatic N) is 1. The quantitative estimate of drug-likeness (QED) is 0.902. The van der Waals surface area contributed by atoms with Crippen molar-refractivity contribution in [2.24, 2.45) is 0 Å². The van der Waals surface area contributed by atoms with Gasteiger partial charge in [-0.05, 0) is 34.1 Å². The first-order chi connectivity index (χ1) is 7.84. The Hall–Kier alpha value is -1.26. The van der Waals surface area contributed by atoms with Crippen molar-refractivity contribution in [2.45, 2.75) is 12.3 Å². The summed E-state index contributed by atoms with van der Waals surface area (Å²) in [5.74, 6) is 0. The van der Waals surface area contributed by atoms with Crippen LogP contribution in [-0.4, -0.2) is 23.9 Å². The maximum atomic E-state index is 12.0. The van der Waals surface area contributed by atoms with Crippen LogP contribution in [0.15, 0.2) is 22.7 Å². The number of rotatable bonds is 3. The van der Waals surface area contributed by atoms with E-state index in [2.05, 4.69) is 21.2 Å². The maximum Gasteiger partial charge on any atom is 0.416 e. The summed E-state index contributed by atoms with van der Waals surface area (Å²) in [5.41, 5.74) is 0.770. The molecule has 0 aliphatic carbocycles. The zero-order chi connectivity index (χ0) is 13.1. The molecule has 17 heavy (non-hydrogen) atoms. The second-order valence-corrected chi connectivity index (χ2v) is 4.10. The standard InChI is InChI=1S/C10H8BrF3N2O/c11-7-3-6(4-15)1-2-8(7)16-5-9(17)10(12,13)14/h1-3,9,16-17H,5H2. The monoisotopic (exact) mass is 308 g/mol. The third kappa shape index (κ3) is 3.91. The summed E-state index contributed by atoms with van der Waals surface area (Å²) < 4.78 is 36.5. The molecule has 0 heterocycles. The first kappa shape index (κ1) is 13.8. The number of aliphatic hydroxyl groups excluding tert-OH is 1. The lowest BCUT2D eigenvalue weighted by Crippen LogP contribution is -2.35. The summed E-state index contributed by atoms with van der Waals surface area (Å²) in [6, 6.07) is 6.30. The third-order valence-corrected chi connectivity index (χ3v) is 2.62. The first-order valence-electron chi connectivity index (χ1n) is 4.53. The molecule has 3 nitrogen and oxygen atoms in total. The van der Waals surface area contributed by atoms with E-state index in [0.717, 1.165) is 0 Å². The van der Waals surface area contributed by atoms with Gasteiger partial charge in [-0.3, -0.25) is 0 Å². The molecule has 0 amide bonds. The fourth-order valence-corrected chi connectivity index (χ4v) is 1.57. The minimum absolute atomic E-state index is 0.382.